The van der Waals surface area contributed by atoms with Crippen molar-refractivity contribution in [2.24, 2.45) is 0 Å². The van der Waals surface area contributed by atoms with E-state index in [9.17, 15) is 22.8 Å². The van der Waals surface area contributed by atoms with Crippen LogP contribution in [0.15, 0.2) is 54.6 Å². The highest BCUT2D eigenvalue weighted by molar-refractivity contribution is 6.31. The van der Waals surface area contributed by atoms with Gasteiger partial charge in [0.1, 0.15) is 16.9 Å². The van der Waals surface area contributed by atoms with Gasteiger partial charge in [0.15, 0.2) is 0 Å². The zero-order valence-corrected chi connectivity index (χ0v) is 24.5. The number of halogens is 4. The highest BCUT2D eigenvalue weighted by Gasteiger charge is 2.32. The van der Waals surface area contributed by atoms with Crippen molar-refractivity contribution in [3.8, 4) is 0 Å². The largest absolute Gasteiger partial charge is 0.444 e. The minimum absolute atomic E-state index is 0.0509. The Morgan fingerprint density at radius 3 is 2.48 bits per heavy atom. The van der Waals surface area contributed by atoms with E-state index in [2.05, 4.69) is 20.6 Å². The van der Waals surface area contributed by atoms with Gasteiger partial charge in [0.2, 0.25) is 0 Å². The lowest BCUT2D eigenvalue weighted by Gasteiger charge is -2.24. The lowest BCUT2D eigenvalue weighted by atomic mass is 10.1. The van der Waals surface area contributed by atoms with Crippen molar-refractivity contribution in [1.82, 2.24) is 14.9 Å². The van der Waals surface area contributed by atoms with Crippen molar-refractivity contribution >= 4 is 46.0 Å². The van der Waals surface area contributed by atoms with E-state index in [1.807, 2.05) is 0 Å². The first kappa shape index (κ1) is 30.7. The van der Waals surface area contributed by atoms with Crippen LogP contribution in [-0.4, -0.2) is 39.5 Å². The van der Waals surface area contributed by atoms with Gasteiger partial charge in [0, 0.05) is 30.0 Å². The maximum absolute atomic E-state index is 13.5. The number of H-pyrrole nitrogens is 1. The fourth-order valence-electron chi connectivity index (χ4n) is 4.23. The number of anilines is 2. The van der Waals surface area contributed by atoms with Crippen LogP contribution in [0.5, 0.6) is 0 Å². The highest BCUT2D eigenvalue weighted by atomic mass is 35.5. The second-order valence-electron chi connectivity index (χ2n) is 10.8. The molecule has 0 saturated carbocycles. The predicted octanol–water partition coefficient (Wildman–Crippen LogP) is 7.77. The van der Waals surface area contributed by atoms with E-state index >= 15 is 0 Å². The Hall–Kier alpha value is -4.25. The third-order valence-corrected chi connectivity index (χ3v) is 6.70. The SMILES string of the molecule is Cc1c(Cl)cccc1NC(=O)c1cc(NCc2ccccc2C(F)(F)F)cc2[nH]c(CN(C)C(=O)OC(C)(C)C)nc12. The van der Waals surface area contributed by atoms with Crippen LogP contribution in [0.25, 0.3) is 11.0 Å². The monoisotopic (exact) mass is 601 g/mol. The smallest absolute Gasteiger partial charge is 0.416 e. The third kappa shape index (κ3) is 7.33. The zero-order chi connectivity index (χ0) is 30.8. The molecule has 0 fully saturated rings. The predicted molar refractivity (Wildman–Crippen MR) is 157 cm³/mol. The summed E-state index contributed by atoms with van der Waals surface area (Å²) in [6.45, 7) is 6.96. The van der Waals surface area contributed by atoms with Crippen molar-refractivity contribution in [3.63, 3.8) is 0 Å². The van der Waals surface area contributed by atoms with E-state index < -0.39 is 29.3 Å². The van der Waals surface area contributed by atoms with Crippen LogP contribution in [0.4, 0.5) is 29.3 Å². The highest BCUT2D eigenvalue weighted by Crippen LogP contribution is 2.33. The minimum Gasteiger partial charge on any atom is -0.444 e. The molecule has 4 aromatic rings. The normalized spacial score (nSPS) is 11.8. The summed E-state index contributed by atoms with van der Waals surface area (Å²) in [4.78, 5) is 35.0. The van der Waals surface area contributed by atoms with Gasteiger partial charge >= 0.3 is 12.3 Å². The second kappa shape index (κ2) is 11.9. The zero-order valence-electron chi connectivity index (χ0n) is 23.7. The summed E-state index contributed by atoms with van der Waals surface area (Å²) < 4.78 is 46.0. The van der Waals surface area contributed by atoms with Crippen LogP contribution in [-0.2, 0) is 24.0 Å². The van der Waals surface area contributed by atoms with Crippen molar-refractivity contribution < 1.29 is 27.5 Å². The molecule has 12 heteroatoms. The Morgan fingerprint density at radius 2 is 1.79 bits per heavy atom. The molecule has 0 spiro atoms. The number of nitrogens with zero attached hydrogens (tertiary/aromatic N) is 2. The van der Waals surface area contributed by atoms with Crippen LogP contribution in [0, 0.1) is 6.92 Å². The Morgan fingerprint density at radius 1 is 1.07 bits per heavy atom. The fraction of sp³-hybridized carbons (Fsp3) is 0.300. The number of rotatable bonds is 7. The molecule has 0 radical (unpaired) electrons. The average molecular weight is 602 g/mol. The molecular weight excluding hydrogens is 571 g/mol. The molecule has 0 aliphatic heterocycles. The number of carbonyl (C=O) groups is 2. The molecule has 0 bridgehead atoms. The van der Waals surface area contributed by atoms with Gasteiger partial charge in [-0.3, -0.25) is 4.79 Å². The Labute approximate surface area is 246 Å². The van der Waals surface area contributed by atoms with E-state index in [1.54, 1.807) is 59.0 Å². The lowest BCUT2D eigenvalue weighted by molar-refractivity contribution is -0.138. The van der Waals surface area contributed by atoms with Crippen LogP contribution >= 0.6 is 11.6 Å². The van der Waals surface area contributed by atoms with Gasteiger partial charge in [-0.2, -0.15) is 13.2 Å². The minimum atomic E-state index is -4.51. The summed E-state index contributed by atoms with van der Waals surface area (Å²) in [7, 11) is 1.56. The van der Waals surface area contributed by atoms with Gasteiger partial charge in [-0.25, -0.2) is 9.78 Å². The number of amides is 2. The summed E-state index contributed by atoms with van der Waals surface area (Å²) in [5.41, 5.74) is 1.11. The number of fused-ring (bicyclic) bond motifs is 1. The summed E-state index contributed by atoms with van der Waals surface area (Å²) in [6, 6.07) is 13.6. The Kier molecular flexibility index (Phi) is 8.72. The molecule has 0 aliphatic carbocycles. The Balaban J connectivity index is 1.69. The molecule has 3 aromatic carbocycles. The van der Waals surface area contributed by atoms with Gasteiger partial charge < -0.3 is 25.3 Å². The molecule has 222 valence electrons. The summed E-state index contributed by atoms with van der Waals surface area (Å²) in [6.07, 6.45) is -5.07. The van der Waals surface area contributed by atoms with E-state index in [0.29, 0.717) is 38.8 Å². The topological polar surface area (TPSA) is 99.4 Å². The van der Waals surface area contributed by atoms with Crippen LogP contribution in [0.1, 0.15) is 53.6 Å². The number of nitrogens with one attached hydrogen (secondary N) is 3. The van der Waals surface area contributed by atoms with Crippen molar-refractivity contribution in [2.75, 3.05) is 17.7 Å². The molecule has 0 atom stereocenters. The number of benzene rings is 3. The number of ether oxygens (including phenoxy) is 1. The van der Waals surface area contributed by atoms with E-state index in [-0.39, 0.29) is 24.2 Å². The molecule has 1 heterocycles. The molecule has 0 unspecified atom stereocenters. The molecule has 2 amide bonds. The van der Waals surface area contributed by atoms with E-state index in [0.717, 1.165) is 6.07 Å². The number of hydrogen-bond donors (Lipinski definition) is 3. The molecule has 0 aliphatic rings. The number of alkyl halides is 3. The van der Waals surface area contributed by atoms with Gasteiger partial charge in [-0.1, -0.05) is 35.9 Å². The third-order valence-electron chi connectivity index (χ3n) is 6.29. The number of aromatic amines is 1. The number of imidazole rings is 1. The Bertz CT molecular complexity index is 1630. The number of hydrogen-bond acceptors (Lipinski definition) is 5. The van der Waals surface area contributed by atoms with Crippen molar-refractivity contribution in [3.05, 3.63) is 87.7 Å². The molecule has 42 heavy (non-hydrogen) atoms. The lowest BCUT2D eigenvalue weighted by Crippen LogP contribution is -2.34. The molecular formula is C30H31ClF3N5O3. The standard InChI is InChI=1S/C30H31ClF3N5O3/c1-17-22(31)11-8-12-23(17)37-27(40)20-13-19(35-15-18-9-6-7-10-21(18)30(32,33)34)14-24-26(20)38-25(36-24)16-39(5)28(41)42-29(2,3)4/h6-14,35H,15-16H2,1-5H3,(H,36,38)(H,37,40). The first-order chi connectivity index (χ1) is 19.6. The summed E-state index contributed by atoms with van der Waals surface area (Å²) >= 11 is 6.22. The fourth-order valence-corrected chi connectivity index (χ4v) is 4.40. The molecule has 4 rings (SSSR count). The van der Waals surface area contributed by atoms with E-state index in [1.165, 1.54) is 29.2 Å². The molecule has 0 saturated heterocycles. The average Bonchev–Trinajstić information content (AvgIpc) is 3.30. The van der Waals surface area contributed by atoms with Crippen LogP contribution < -0.4 is 10.6 Å². The maximum atomic E-state index is 13.5. The summed E-state index contributed by atoms with van der Waals surface area (Å²) in [5.74, 6) is -0.117. The maximum Gasteiger partial charge on any atom is 0.416 e. The number of carbonyl (C=O) groups excluding carboxylic acids is 2. The van der Waals surface area contributed by atoms with E-state index in [4.69, 9.17) is 16.3 Å². The van der Waals surface area contributed by atoms with Gasteiger partial charge in [-0.15, -0.1) is 0 Å². The molecule has 3 N–H and O–H groups in total. The van der Waals surface area contributed by atoms with Gasteiger partial charge in [-0.05, 0) is 69.2 Å². The van der Waals surface area contributed by atoms with Crippen molar-refractivity contribution in [1.29, 1.82) is 0 Å². The molecule has 8 nitrogen and oxygen atoms in total. The first-order valence-electron chi connectivity index (χ1n) is 13.0. The number of aromatic nitrogens is 2. The van der Waals surface area contributed by atoms with Crippen LogP contribution in [0.3, 0.4) is 0 Å². The van der Waals surface area contributed by atoms with Gasteiger partial charge in [0.05, 0.1) is 23.2 Å². The summed E-state index contributed by atoms with van der Waals surface area (Å²) in [5, 5.41) is 6.33. The van der Waals surface area contributed by atoms with Crippen molar-refractivity contribution in [2.45, 2.75) is 52.6 Å². The second-order valence-corrected chi connectivity index (χ2v) is 11.2. The quantitative estimate of drug-likeness (QED) is 0.201. The van der Waals surface area contributed by atoms with Gasteiger partial charge in [0.25, 0.3) is 5.91 Å². The first-order valence-corrected chi connectivity index (χ1v) is 13.4. The van der Waals surface area contributed by atoms with Crippen LogP contribution in [0.2, 0.25) is 5.02 Å². The molecule has 1 aromatic heterocycles.